The van der Waals surface area contributed by atoms with Crippen molar-refractivity contribution in [2.24, 2.45) is 0 Å². The van der Waals surface area contributed by atoms with Crippen molar-refractivity contribution >= 4 is 58.8 Å². The number of nitrogens with one attached hydrogen (secondary N) is 1. The van der Waals surface area contributed by atoms with Gasteiger partial charge in [0.25, 0.3) is 0 Å². The molecular formula is C32H37N5O15P4. The number of hydrogen-bond donors (Lipinski definition) is 5. The highest BCUT2D eigenvalue weighted by Gasteiger charge is 2.55. The molecule has 300 valence electrons. The number of phosphoric ester groups is 1. The smallest absolute Gasteiger partial charge is 0.368 e. The number of rotatable bonds is 17. The lowest BCUT2D eigenvalue weighted by atomic mass is 10.1. The lowest BCUT2D eigenvalue weighted by Gasteiger charge is -2.23. The van der Waals surface area contributed by atoms with Crippen LogP contribution in [0.3, 0.4) is 0 Å². The lowest BCUT2D eigenvalue weighted by molar-refractivity contribution is -0.149. The van der Waals surface area contributed by atoms with E-state index in [1.165, 1.54) is 18.7 Å². The number of ether oxygens (including phenoxy) is 3. The van der Waals surface area contributed by atoms with Crippen LogP contribution in [0, 0.1) is 0 Å². The first-order valence-electron chi connectivity index (χ1n) is 17.1. The van der Waals surface area contributed by atoms with E-state index >= 15 is 0 Å². The Morgan fingerprint density at radius 2 is 1.48 bits per heavy atom. The molecule has 24 heteroatoms. The summed E-state index contributed by atoms with van der Waals surface area (Å²) in [6, 6.07) is 21.0. The van der Waals surface area contributed by atoms with Gasteiger partial charge in [0.1, 0.15) is 24.6 Å². The fourth-order valence-corrected chi connectivity index (χ4v) is 12.0. The van der Waals surface area contributed by atoms with Crippen LogP contribution in [0.25, 0.3) is 21.9 Å². The number of nitrogens with zero attached hydrogens (tertiary/aromatic N) is 4. The molecular weight excluding hydrogens is 818 g/mol. The molecule has 5 N–H and O–H groups in total. The van der Waals surface area contributed by atoms with Crippen molar-refractivity contribution in [3.05, 3.63) is 96.6 Å². The minimum atomic E-state index is -6.01. The molecule has 0 aliphatic carbocycles. The highest BCUT2D eigenvalue weighted by Crippen LogP contribution is 2.72. The summed E-state index contributed by atoms with van der Waals surface area (Å²) in [7, 11) is -22.6. The van der Waals surface area contributed by atoms with Gasteiger partial charge in [0.15, 0.2) is 29.5 Å². The van der Waals surface area contributed by atoms with Crippen molar-refractivity contribution in [3.63, 3.8) is 0 Å². The Balaban J connectivity index is 1.03. The monoisotopic (exact) mass is 855 g/mol. The Hall–Kier alpha value is -3.25. The zero-order chi connectivity index (χ0) is 39.7. The summed E-state index contributed by atoms with van der Waals surface area (Å²) in [5, 5.41) is 4.43. The molecule has 0 amide bonds. The third-order valence-corrected chi connectivity index (χ3v) is 15.0. The first-order chi connectivity index (χ1) is 26.6. The van der Waals surface area contributed by atoms with Gasteiger partial charge in [-0.15, -0.1) is 0 Å². The number of fused-ring (bicyclic) bond motifs is 3. The third-order valence-electron chi connectivity index (χ3n) is 8.62. The highest BCUT2D eigenvalue weighted by atomic mass is 31.3. The minimum Gasteiger partial charge on any atom is -0.368 e. The molecule has 56 heavy (non-hydrogen) atoms. The topological polar surface area (TPSA) is 269 Å². The van der Waals surface area contributed by atoms with Crippen LogP contribution in [-0.2, 0) is 62.5 Å². The first-order valence-corrected chi connectivity index (χ1v) is 23.3. The Bertz CT molecular complexity index is 2380. The van der Waals surface area contributed by atoms with Gasteiger partial charge in [-0.25, -0.2) is 33.0 Å². The normalized spacial score (nSPS) is 25.3. The second-order valence-electron chi connectivity index (χ2n) is 12.7. The van der Waals surface area contributed by atoms with Gasteiger partial charge in [0.2, 0.25) is 0 Å². The Morgan fingerprint density at radius 1 is 0.786 bits per heavy atom. The molecule has 2 aliphatic heterocycles. The maximum atomic E-state index is 12.9. The Morgan fingerprint density at radius 3 is 2.27 bits per heavy atom. The molecule has 7 rings (SSSR count). The van der Waals surface area contributed by atoms with E-state index in [1.807, 2.05) is 37.3 Å². The molecule has 4 heterocycles. The molecule has 2 fully saturated rings. The lowest BCUT2D eigenvalue weighted by Crippen LogP contribution is -2.31. The van der Waals surface area contributed by atoms with Crippen molar-refractivity contribution in [1.29, 1.82) is 0 Å². The van der Waals surface area contributed by atoms with Crippen LogP contribution in [0.4, 0.5) is 5.82 Å². The standard InChI is InChI=1S/C32H37N5O15P4/c1-2-15-33-30-27-31(35-19-34-30)37(20-36-27)32-29-28(48-26(49-29)16-21-9-4-3-5-10-21)25(47-32)17-46-54(40,41)51-56(44,45)52-55(42,43)50-53(38,39)18-23-13-8-12-22-11-6-7-14-24(22)23/h3-14,19-20,25-26,28-29,32H,2,15-18H2,1H3,(H,38,39)(H,40,41)(H,42,43)(H,44,45)(H,33,34,35)/t25-,26?,28+,29+,32-/m1/s1. The summed E-state index contributed by atoms with van der Waals surface area (Å²) in [6.45, 7) is 1.84. The van der Waals surface area contributed by atoms with Gasteiger partial charge in [-0.05, 0) is 28.3 Å². The second kappa shape index (κ2) is 16.5. The zero-order valence-electron chi connectivity index (χ0n) is 29.4. The van der Waals surface area contributed by atoms with Crippen molar-refractivity contribution in [1.82, 2.24) is 19.5 Å². The predicted octanol–water partition coefficient (Wildman–Crippen LogP) is 5.80. The molecule has 2 aliphatic rings. The van der Waals surface area contributed by atoms with E-state index in [1.54, 1.807) is 41.0 Å². The van der Waals surface area contributed by atoms with Gasteiger partial charge in [-0.3, -0.25) is 13.7 Å². The molecule has 3 aromatic carbocycles. The molecule has 20 nitrogen and oxygen atoms in total. The molecule has 5 unspecified atom stereocenters. The molecule has 0 bridgehead atoms. The largest absolute Gasteiger partial charge is 0.490 e. The molecule has 0 spiro atoms. The minimum absolute atomic E-state index is 0.260. The van der Waals surface area contributed by atoms with Crippen LogP contribution in [0.1, 0.15) is 30.7 Å². The Labute approximate surface area is 319 Å². The molecule has 0 radical (unpaired) electrons. The summed E-state index contributed by atoms with van der Waals surface area (Å²) < 4.78 is 89.1. The van der Waals surface area contributed by atoms with Crippen LogP contribution in [-0.4, -0.2) is 76.8 Å². The number of phosphoric acid groups is 3. The fourth-order valence-electron chi connectivity index (χ4n) is 6.39. The Kier molecular flexibility index (Phi) is 12.1. The van der Waals surface area contributed by atoms with Gasteiger partial charge in [-0.2, -0.15) is 8.62 Å². The molecule has 2 aromatic heterocycles. The second-order valence-corrected chi connectivity index (χ2v) is 19.4. The average molecular weight is 856 g/mol. The van der Waals surface area contributed by atoms with E-state index in [2.05, 4.69) is 33.2 Å². The summed E-state index contributed by atoms with van der Waals surface area (Å²) >= 11 is 0. The highest BCUT2D eigenvalue weighted by molar-refractivity contribution is 7.70. The van der Waals surface area contributed by atoms with Crippen molar-refractivity contribution < 1.29 is 69.5 Å². The maximum absolute atomic E-state index is 12.9. The van der Waals surface area contributed by atoms with Gasteiger partial charge < -0.3 is 39.1 Å². The van der Waals surface area contributed by atoms with Gasteiger partial charge in [0, 0.05) is 13.0 Å². The average Bonchev–Trinajstić information content (AvgIpc) is 3.83. The molecule has 2 saturated heterocycles. The van der Waals surface area contributed by atoms with Gasteiger partial charge >= 0.3 is 31.1 Å². The summed E-state index contributed by atoms with van der Waals surface area (Å²) in [5.74, 6) is 0.494. The summed E-state index contributed by atoms with van der Waals surface area (Å²) in [6.07, 6.45) is -1.45. The van der Waals surface area contributed by atoms with Crippen LogP contribution >= 0.6 is 31.1 Å². The number of benzene rings is 3. The number of aromatic nitrogens is 4. The fraction of sp³-hybridized carbons (Fsp3) is 0.344. The van der Waals surface area contributed by atoms with Crippen LogP contribution in [0.15, 0.2) is 85.5 Å². The quantitative estimate of drug-likeness (QED) is 0.0691. The molecule has 9 atom stereocenters. The molecule has 5 aromatic rings. The van der Waals surface area contributed by atoms with E-state index < -0.39 is 74.7 Å². The number of imidazole rings is 1. The SMILES string of the molecule is CCCNc1ncnc2c1ncn2[C@@H]1O[C@H](COP(=O)(O)OP(=O)(O)OP(=O)(O)OP(=O)(O)Cc2cccc3ccccc23)[C@@H]2OC(Cc3ccccc3)O[C@@H]21. The van der Waals surface area contributed by atoms with E-state index in [4.69, 9.17) is 18.7 Å². The van der Waals surface area contributed by atoms with Gasteiger partial charge in [-0.1, -0.05) is 79.7 Å². The summed E-state index contributed by atoms with van der Waals surface area (Å²) in [4.78, 5) is 54.3. The van der Waals surface area contributed by atoms with Crippen LogP contribution in [0.2, 0.25) is 0 Å². The number of hydrogen-bond acceptors (Lipinski definition) is 15. The van der Waals surface area contributed by atoms with Gasteiger partial charge in [0.05, 0.1) is 19.1 Å². The molecule has 0 saturated carbocycles. The van der Waals surface area contributed by atoms with Crippen molar-refractivity contribution in [3.8, 4) is 0 Å². The van der Waals surface area contributed by atoms with E-state index in [-0.39, 0.29) is 5.56 Å². The zero-order valence-corrected chi connectivity index (χ0v) is 32.9. The maximum Gasteiger partial charge on any atom is 0.490 e. The number of anilines is 1. The van der Waals surface area contributed by atoms with Crippen LogP contribution in [0.5, 0.6) is 0 Å². The predicted molar refractivity (Wildman–Crippen MR) is 198 cm³/mol. The van der Waals surface area contributed by atoms with Crippen LogP contribution < -0.4 is 5.32 Å². The van der Waals surface area contributed by atoms with Crippen molar-refractivity contribution in [2.75, 3.05) is 18.5 Å². The summed E-state index contributed by atoms with van der Waals surface area (Å²) in [5.41, 5.74) is 1.99. The van der Waals surface area contributed by atoms with E-state index in [0.717, 1.165) is 12.0 Å². The van der Waals surface area contributed by atoms with E-state index in [9.17, 15) is 37.8 Å². The first kappa shape index (κ1) is 40.9. The third kappa shape index (κ3) is 9.71. The van der Waals surface area contributed by atoms with Crippen molar-refractivity contribution in [2.45, 2.75) is 56.8 Å². The van der Waals surface area contributed by atoms with E-state index in [0.29, 0.717) is 40.7 Å².